The first-order chi connectivity index (χ1) is 13.7. The lowest BCUT2D eigenvalue weighted by atomic mass is 10.2. The summed E-state index contributed by atoms with van der Waals surface area (Å²) in [5.41, 5.74) is 1.87. The highest BCUT2D eigenvalue weighted by atomic mass is 32.2. The predicted molar refractivity (Wildman–Crippen MR) is 109 cm³/mol. The van der Waals surface area contributed by atoms with E-state index in [1.807, 2.05) is 42.5 Å². The second-order valence-electron chi connectivity index (χ2n) is 6.26. The van der Waals surface area contributed by atoms with Gasteiger partial charge in [-0.2, -0.15) is 0 Å². The minimum absolute atomic E-state index is 0.155. The molecule has 1 aliphatic rings. The molecule has 148 valence electrons. The van der Waals surface area contributed by atoms with Crippen molar-refractivity contribution in [2.75, 3.05) is 38.1 Å². The van der Waals surface area contributed by atoms with Crippen molar-refractivity contribution in [3.8, 4) is 0 Å². The lowest BCUT2D eigenvalue weighted by molar-refractivity contribution is 0.0868. The first-order valence-corrected chi connectivity index (χ1v) is 10.2. The van der Waals surface area contributed by atoms with Crippen molar-refractivity contribution in [2.24, 2.45) is 0 Å². The normalized spacial score (nSPS) is 13.9. The summed E-state index contributed by atoms with van der Waals surface area (Å²) in [6.45, 7) is 4.07. The van der Waals surface area contributed by atoms with Crippen LogP contribution < -0.4 is 5.32 Å². The van der Waals surface area contributed by atoms with Crippen molar-refractivity contribution in [1.82, 2.24) is 14.8 Å². The lowest BCUT2D eigenvalue weighted by Crippen LogP contribution is -2.51. The summed E-state index contributed by atoms with van der Waals surface area (Å²) >= 11 is 1.65. The zero-order valence-corrected chi connectivity index (χ0v) is 16.7. The van der Waals surface area contributed by atoms with Crippen LogP contribution in [-0.2, 0) is 10.5 Å². The zero-order chi connectivity index (χ0) is 19.8. The molecule has 1 saturated heterocycles. The standard InChI is InChI=1S/C20H24N4O3S/c1-2-27-20(26)24-12-10-23(11-13-24)19(25)22-17-7-5-6-16(14-17)15-28-18-8-3-4-9-21-18/h3-9,14H,2,10-13,15H2,1H3,(H,22,25). The number of thioether (sulfide) groups is 1. The molecular weight excluding hydrogens is 376 g/mol. The number of amides is 3. The molecule has 0 aliphatic carbocycles. The summed E-state index contributed by atoms with van der Waals surface area (Å²) in [4.78, 5) is 31.9. The fourth-order valence-electron chi connectivity index (χ4n) is 2.84. The molecule has 0 unspecified atom stereocenters. The number of urea groups is 1. The summed E-state index contributed by atoms with van der Waals surface area (Å²) in [7, 11) is 0. The van der Waals surface area contributed by atoms with E-state index in [9.17, 15) is 9.59 Å². The molecule has 1 aromatic heterocycles. The number of carbonyl (C=O) groups is 2. The van der Waals surface area contributed by atoms with Gasteiger partial charge in [0.25, 0.3) is 0 Å². The number of nitrogens with one attached hydrogen (secondary N) is 1. The van der Waals surface area contributed by atoms with E-state index in [0.29, 0.717) is 32.8 Å². The third kappa shape index (κ3) is 5.63. The molecule has 0 spiro atoms. The first-order valence-electron chi connectivity index (χ1n) is 9.26. The molecule has 1 N–H and O–H groups in total. The number of piperazine rings is 1. The van der Waals surface area contributed by atoms with Gasteiger partial charge >= 0.3 is 12.1 Å². The van der Waals surface area contributed by atoms with Crippen LogP contribution in [0.2, 0.25) is 0 Å². The maximum absolute atomic E-state index is 12.5. The molecule has 3 amide bonds. The third-order valence-corrected chi connectivity index (χ3v) is 5.31. The smallest absolute Gasteiger partial charge is 0.409 e. The van der Waals surface area contributed by atoms with Crippen molar-refractivity contribution >= 4 is 29.6 Å². The first kappa shape index (κ1) is 20.0. The van der Waals surface area contributed by atoms with Crippen LogP contribution in [0, 0.1) is 0 Å². The average molecular weight is 401 g/mol. The van der Waals surface area contributed by atoms with Gasteiger partial charge in [-0.1, -0.05) is 18.2 Å². The number of anilines is 1. The molecule has 0 bridgehead atoms. The molecule has 0 radical (unpaired) electrons. The van der Waals surface area contributed by atoms with Crippen LogP contribution in [0.5, 0.6) is 0 Å². The Morgan fingerprint density at radius 1 is 1.11 bits per heavy atom. The number of pyridine rings is 1. The van der Waals surface area contributed by atoms with Gasteiger partial charge in [0, 0.05) is 43.8 Å². The topological polar surface area (TPSA) is 74.8 Å². The van der Waals surface area contributed by atoms with E-state index < -0.39 is 0 Å². The molecule has 1 aliphatic heterocycles. The predicted octanol–water partition coefficient (Wildman–Crippen LogP) is 3.68. The van der Waals surface area contributed by atoms with Crippen LogP contribution in [0.1, 0.15) is 12.5 Å². The Labute approximate surface area is 169 Å². The van der Waals surface area contributed by atoms with Crippen molar-refractivity contribution < 1.29 is 14.3 Å². The molecule has 2 aromatic rings. The monoisotopic (exact) mass is 400 g/mol. The van der Waals surface area contributed by atoms with E-state index in [1.54, 1.807) is 34.7 Å². The number of nitrogens with zero attached hydrogens (tertiary/aromatic N) is 3. The summed E-state index contributed by atoms with van der Waals surface area (Å²) in [5, 5.41) is 3.92. The number of rotatable bonds is 5. The van der Waals surface area contributed by atoms with Crippen LogP contribution in [0.3, 0.4) is 0 Å². The van der Waals surface area contributed by atoms with Gasteiger partial charge < -0.3 is 19.9 Å². The van der Waals surface area contributed by atoms with E-state index in [2.05, 4.69) is 10.3 Å². The number of carbonyl (C=O) groups excluding carboxylic acids is 2. The zero-order valence-electron chi connectivity index (χ0n) is 15.8. The highest BCUT2D eigenvalue weighted by molar-refractivity contribution is 7.98. The fraction of sp³-hybridized carbons (Fsp3) is 0.350. The van der Waals surface area contributed by atoms with Crippen LogP contribution in [0.15, 0.2) is 53.7 Å². The van der Waals surface area contributed by atoms with Crippen molar-refractivity contribution in [3.05, 3.63) is 54.2 Å². The van der Waals surface area contributed by atoms with E-state index >= 15 is 0 Å². The van der Waals surface area contributed by atoms with Crippen molar-refractivity contribution in [3.63, 3.8) is 0 Å². The van der Waals surface area contributed by atoms with Crippen LogP contribution >= 0.6 is 11.8 Å². The van der Waals surface area contributed by atoms with E-state index in [-0.39, 0.29) is 12.1 Å². The second kappa shape index (κ2) is 9.98. The van der Waals surface area contributed by atoms with Gasteiger partial charge in [-0.15, -0.1) is 11.8 Å². The molecular formula is C20H24N4O3S. The maximum atomic E-state index is 12.5. The number of hydrogen-bond donors (Lipinski definition) is 1. The highest BCUT2D eigenvalue weighted by Crippen LogP contribution is 2.22. The van der Waals surface area contributed by atoms with Gasteiger partial charge in [-0.05, 0) is 36.8 Å². The molecule has 2 heterocycles. The van der Waals surface area contributed by atoms with Crippen LogP contribution in [0.25, 0.3) is 0 Å². The maximum Gasteiger partial charge on any atom is 0.409 e. The summed E-state index contributed by atoms with van der Waals surface area (Å²) in [6, 6.07) is 13.5. The quantitative estimate of drug-likeness (QED) is 0.775. The minimum Gasteiger partial charge on any atom is -0.450 e. The summed E-state index contributed by atoms with van der Waals surface area (Å²) < 4.78 is 5.00. The fourth-order valence-corrected chi connectivity index (χ4v) is 3.64. The Hall–Kier alpha value is -2.74. The molecule has 1 aromatic carbocycles. The van der Waals surface area contributed by atoms with Gasteiger partial charge in [0.15, 0.2) is 0 Å². The Bertz CT molecular complexity index is 795. The second-order valence-corrected chi connectivity index (χ2v) is 7.26. The minimum atomic E-state index is -0.319. The molecule has 7 nitrogen and oxygen atoms in total. The Morgan fingerprint density at radius 2 is 1.89 bits per heavy atom. The summed E-state index contributed by atoms with van der Waals surface area (Å²) in [5.74, 6) is 0.777. The van der Waals surface area contributed by atoms with Crippen molar-refractivity contribution in [1.29, 1.82) is 0 Å². The molecule has 8 heteroatoms. The van der Waals surface area contributed by atoms with Crippen molar-refractivity contribution in [2.45, 2.75) is 17.7 Å². The van der Waals surface area contributed by atoms with Gasteiger partial charge in [0.2, 0.25) is 0 Å². The summed E-state index contributed by atoms with van der Waals surface area (Å²) in [6.07, 6.45) is 1.46. The van der Waals surface area contributed by atoms with E-state index in [1.165, 1.54) is 0 Å². The molecule has 1 fully saturated rings. The van der Waals surface area contributed by atoms with Gasteiger partial charge in [-0.25, -0.2) is 14.6 Å². The number of benzene rings is 1. The van der Waals surface area contributed by atoms with E-state index in [4.69, 9.17) is 4.74 Å². The third-order valence-electron chi connectivity index (χ3n) is 4.30. The average Bonchev–Trinajstić information content (AvgIpc) is 2.73. The van der Waals surface area contributed by atoms with Crippen LogP contribution in [0.4, 0.5) is 15.3 Å². The Balaban J connectivity index is 1.50. The number of hydrogen-bond acceptors (Lipinski definition) is 5. The highest BCUT2D eigenvalue weighted by Gasteiger charge is 2.24. The largest absolute Gasteiger partial charge is 0.450 e. The molecule has 0 atom stereocenters. The molecule has 3 rings (SSSR count). The number of aromatic nitrogens is 1. The van der Waals surface area contributed by atoms with E-state index in [0.717, 1.165) is 22.0 Å². The Morgan fingerprint density at radius 3 is 2.61 bits per heavy atom. The van der Waals surface area contributed by atoms with Gasteiger partial charge in [0.1, 0.15) is 0 Å². The van der Waals surface area contributed by atoms with Gasteiger partial charge in [-0.3, -0.25) is 0 Å². The SMILES string of the molecule is CCOC(=O)N1CCN(C(=O)Nc2cccc(CSc3ccccn3)c2)CC1. The number of ether oxygens (including phenoxy) is 1. The molecule has 28 heavy (non-hydrogen) atoms. The van der Waals surface area contributed by atoms with Crippen LogP contribution in [-0.4, -0.2) is 59.7 Å². The molecule has 0 saturated carbocycles. The lowest BCUT2D eigenvalue weighted by Gasteiger charge is -2.34. The van der Waals surface area contributed by atoms with Gasteiger partial charge in [0.05, 0.1) is 11.6 Å². The Kier molecular flexibility index (Phi) is 7.13.